The van der Waals surface area contributed by atoms with E-state index in [4.69, 9.17) is 4.74 Å². The van der Waals surface area contributed by atoms with Crippen LogP contribution < -0.4 is 4.74 Å². The first-order chi connectivity index (χ1) is 12.1. The molecule has 0 radical (unpaired) electrons. The Labute approximate surface area is 154 Å². The first-order valence-corrected chi connectivity index (χ1v) is 9.61. The van der Waals surface area contributed by atoms with E-state index in [1.165, 1.54) is 0 Å². The van der Waals surface area contributed by atoms with E-state index < -0.39 is 0 Å². The maximum absolute atomic E-state index is 12.2. The number of hydrogen-bond acceptors (Lipinski definition) is 4. The number of aryl methyl sites for hydroxylation is 1. The van der Waals surface area contributed by atoms with Gasteiger partial charge >= 0.3 is 0 Å². The second-order valence-corrected chi connectivity index (χ2v) is 6.94. The molecule has 0 aliphatic rings. The lowest BCUT2D eigenvalue weighted by Gasteiger charge is -2.19. The van der Waals surface area contributed by atoms with E-state index in [-0.39, 0.29) is 5.91 Å². The lowest BCUT2D eigenvalue weighted by molar-refractivity contribution is -0.126. The van der Waals surface area contributed by atoms with E-state index in [2.05, 4.69) is 18.8 Å². The van der Waals surface area contributed by atoms with Crippen molar-refractivity contribution in [3.8, 4) is 5.75 Å². The first kappa shape index (κ1) is 19.2. The molecule has 4 nitrogen and oxygen atoms in total. The number of rotatable bonds is 9. The summed E-state index contributed by atoms with van der Waals surface area (Å²) in [5, 5.41) is 3.06. The lowest BCUT2D eigenvalue weighted by atomic mass is 10.2. The molecule has 0 spiro atoms. The third-order valence-electron chi connectivity index (χ3n) is 3.65. The molecule has 0 saturated carbocycles. The number of nitrogens with zero attached hydrogens (tertiary/aromatic N) is 2. The van der Waals surface area contributed by atoms with Crippen LogP contribution in [0.15, 0.2) is 35.7 Å². The molecule has 134 valence electrons. The molecule has 0 atom stereocenters. The fraction of sp³-hybridized carbons (Fsp3) is 0.400. The third kappa shape index (κ3) is 6.35. The van der Waals surface area contributed by atoms with Crippen molar-refractivity contribution in [1.29, 1.82) is 0 Å². The predicted octanol–water partition coefficient (Wildman–Crippen LogP) is 4.69. The van der Waals surface area contributed by atoms with Crippen LogP contribution in [0, 0.1) is 6.92 Å². The van der Waals surface area contributed by atoms with Crippen LogP contribution in [0.3, 0.4) is 0 Å². The fourth-order valence-corrected chi connectivity index (χ4v) is 3.05. The van der Waals surface area contributed by atoms with Crippen LogP contribution in [0.25, 0.3) is 6.08 Å². The zero-order valence-corrected chi connectivity index (χ0v) is 16.0. The molecule has 0 N–H and O–H groups in total. The summed E-state index contributed by atoms with van der Waals surface area (Å²) < 4.78 is 5.73. The molecule has 25 heavy (non-hydrogen) atoms. The predicted molar refractivity (Wildman–Crippen MR) is 104 cm³/mol. The molecule has 1 amide bonds. The Bertz CT molecular complexity index is 686. The van der Waals surface area contributed by atoms with Gasteiger partial charge in [-0.05, 0) is 43.5 Å². The van der Waals surface area contributed by atoms with Gasteiger partial charge in [-0.25, -0.2) is 4.98 Å². The van der Waals surface area contributed by atoms with E-state index in [1.807, 2.05) is 47.5 Å². The number of benzene rings is 1. The highest BCUT2D eigenvalue weighted by molar-refractivity contribution is 7.09. The van der Waals surface area contributed by atoms with Gasteiger partial charge in [0.1, 0.15) is 12.4 Å². The van der Waals surface area contributed by atoms with Crippen molar-refractivity contribution in [2.24, 2.45) is 0 Å². The number of thiazole rings is 1. The summed E-state index contributed by atoms with van der Waals surface area (Å²) in [7, 11) is 0. The van der Waals surface area contributed by atoms with Crippen molar-refractivity contribution in [1.82, 2.24) is 9.88 Å². The van der Waals surface area contributed by atoms with Crippen molar-refractivity contribution >= 4 is 23.3 Å². The van der Waals surface area contributed by atoms with Gasteiger partial charge in [-0.15, -0.1) is 11.3 Å². The highest BCUT2D eigenvalue weighted by Gasteiger charge is 2.07. The molecular weight excluding hydrogens is 332 g/mol. The molecular formula is C20H26N2O2S. The highest BCUT2D eigenvalue weighted by Crippen LogP contribution is 2.16. The molecule has 1 heterocycles. The third-order valence-corrected chi connectivity index (χ3v) is 4.47. The molecule has 2 aromatic rings. The largest absolute Gasteiger partial charge is 0.487 e. The van der Waals surface area contributed by atoms with Gasteiger partial charge in [-0.1, -0.05) is 26.0 Å². The summed E-state index contributed by atoms with van der Waals surface area (Å²) in [6.45, 7) is 8.25. The monoisotopic (exact) mass is 358 g/mol. The maximum atomic E-state index is 12.2. The Morgan fingerprint density at radius 2 is 1.88 bits per heavy atom. The van der Waals surface area contributed by atoms with Gasteiger partial charge in [0, 0.05) is 24.5 Å². The van der Waals surface area contributed by atoms with Crippen LogP contribution in [0.4, 0.5) is 0 Å². The SMILES string of the molecule is CCCN(CCC)C(=O)/C=C/c1ccc(OCc2csc(C)n2)cc1. The average molecular weight is 359 g/mol. The number of aromatic nitrogens is 1. The van der Waals surface area contributed by atoms with Crippen molar-refractivity contribution < 1.29 is 9.53 Å². The minimum absolute atomic E-state index is 0.0722. The second kappa shape index (κ2) is 9.99. The number of carbonyl (C=O) groups excluding carboxylic acids is 1. The Morgan fingerprint density at radius 1 is 1.20 bits per heavy atom. The molecule has 5 heteroatoms. The quantitative estimate of drug-likeness (QED) is 0.611. The molecule has 0 aliphatic heterocycles. The molecule has 0 bridgehead atoms. The standard InChI is InChI=1S/C20H26N2O2S/c1-4-12-22(13-5-2)20(23)11-8-17-6-9-19(10-7-17)24-14-18-15-25-16(3)21-18/h6-11,15H,4-5,12-14H2,1-3H3/b11-8+. The number of amides is 1. The Morgan fingerprint density at radius 3 is 2.44 bits per heavy atom. The van der Waals surface area contributed by atoms with E-state index >= 15 is 0 Å². The van der Waals surface area contributed by atoms with Gasteiger partial charge < -0.3 is 9.64 Å². The van der Waals surface area contributed by atoms with Gasteiger partial charge in [0.2, 0.25) is 5.91 Å². The molecule has 1 aromatic heterocycles. The molecule has 0 aliphatic carbocycles. The van der Waals surface area contributed by atoms with Crippen LogP contribution in [-0.4, -0.2) is 28.9 Å². The van der Waals surface area contributed by atoms with Gasteiger partial charge in [0.05, 0.1) is 10.7 Å². The Balaban J connectivity index is 1.89. The van der Waals surface area contributed by atoms with Crippen molar-refractivity contribution in [2.75, 3.05) is 13.1 Å². The topological polar surface area (TPSA) is 42.4 Å². The Hall–Kier alpha value is -2.14. The van der Waals surface area contributed by atoms with Crippen LogP contribution in [0.5, 0.6) is 5.75 Å². The fourth-order valence-electron chi connectivity index (χ4n) is 2.45. The molecule has 0 fully saturated rings. The van der Waals surface area contributed by atoms with Crippen molar-refractivity contribution in [3.05, 3.63) is 52.0 Å². The Kier molecular flexibility index (Phi) is 7.67. The highest BCUT2D eigenvalue weighted by atomic mass is 32.1. The summed E-state index contributed by atoms with van der Waals surface area (Å²) >= 11 is 1.62. The normalized spacial score (nSPS) is 11.0. The summed E-state index contributed by atoms with van der Waals surface area (Å²) in [6, 6.07) is 7.74. The minimum atomic E-state index is 0.0722. The maximum Gasteiger partial charge on any atom is 0.246 e. The van der Waals surface area contributed by atoms with Crippen LogP contribution in [-0.2, 0) is 11.4 Å². The zero-order chi connectivity index (χ0) is 18.1. The van der Waals surface area contributed by atoms with Crippen LogP contribution in [0.1, 0.15) is 43.0 Å². The second-order valence-electron chi connectivity index (χ2n) is 5.87. The summed E-state index contributed by atoms with van der Waals surface area (Å²) in [5.74, 6) is 0.871. The number of ether oxygens (including phenoxy) is 1. The van der Waals surface area contributed by atoms with Crippen LogP contribution in [0.2, 0.25) is 0 Å². The summed E-state index contributed by atoms with van der Waals surface area (Å²) in [4.78, 5) is 18.5. The van der Waals surface area contributed by atoms with E-state index in [9.17, 15) is 4.79 Å². The van der Waals surface area contributed by atoms with Gasteiger partial charge in [-0.2, -0.15) is 0 Å². The van der Waals surface area contributed by atoms with Gasteiger partial charge in [-0.3, -0.25) is 4.79 Å². The van der Waals surface area contributed by atoms with Gasteiger partial charge in [0.25, 0.3) is 0 Å². The average Bonchev–Trinajstić information content (AvgIpc) is 3.04. The first-order valence-electron chi connectivity index (χ1n) is 8.73. The van der Waals surface area contributed by atoms with Gasteiger partial charge in [0.15, 0.2) is 0 Å². The number of hydrogen-bond donors (Lipinski definition) is 0. The summed E-state index contributed by atoms with van der Waals surface area (Å²) in [6.07, 6.45) is 5.46. The van der Waals surface area contributed by atoms with Crippen molar-refractivity contribution in [2.45, 2.75) is 40.2 Å². The molecule has 0 unspecified atom stereocenters. The zero-order valence-electron chi connectivity index (χ0n) is 15.2. The van der Waals surface area contributed by atoms with E-state index in [0.29, 0.717) is 6.61 Å². The van der Waals surface area contributed by atoms with E-state index in [1.54, 1.807) is 17.4 Å². The smallest absolute Gasteiger partial charge is 0.246 e. The van der Waals surface area contributed by atoms with Crippen molar-refractivity contribution in [3.63, 3.8) is 0 Å². The molecule has 1 aromatic carbocycles. The van der Waals surface area contributed by atoms with E-state index in [0.717, 1.165) is 47.9 Å². The molecule has 2 rings (SSSR count). The lowest BCUT2D eigenvalue weighted by Crippen LogP contribution is -2.30. The number of carbonyl (C=O) groups is 1. The minimum Gasteiger partial charge on any atom is -0.487 e. The summed E-state index contributed by atoms with van der Waals surface area (Å²) in [5.41, 5.74) is 1.93. The molecule has 0 saturated heterocycles. The van der Waals surface area contributed by atoms with Crippen LogP contribution >= 0.6 is 11.3 Å².